The van der Waals surface area contributed by atoms with Gasteiger partial charge in [0.25, 0.3) is 0 Å². The lowest BCUT2D eigenvalue weighted by atomic mass is 10.00. The van der Waals surface area contributed by atoms with E-state index in [1.165, 1.54) is 18.2 Å². The van der Waals surface area contributed by atoms with Crippen LogP contribution in [0.2, 0.25) is 5.02 Å². The van der Waals surface area contributed by atoms with Crippen LogP contribution in [0.4, 0.5) is 4.39 Å². The van der Waals surface area contributed by atoms with Crippen LogP contribution in [0.1, 0.15) is 22.8 Å². The molecule has 0 aliphatic rings. The van der Waals surface area contributed by atoms with Crippen LogP contribution >= 0.6 is 11.6 Å². The zero-order valence-electron chi connectivity index (χ0n) is 11.5. The molecule has 0 aliphatic carbocycles. The number of rotatable bonds is 3. The summed E-state index contributed by atoms with van der Waals surface area (Å²) in [5.41, 5.74) is 1.07. The van der Waals surface area contributed by atoms with E-state index < -0.39 is 21.8 Å². The van der Waals surface area contributed by atoms with Gasteiger partial charge in [-0.2, -0.15) is 0 Å². The van der Waals surface area contributed by atoms with Crippen LogP contribution in [0.15, 0.2) is 41.3 Å². The molecule has 3 nitrogen and oxygen atoms in total. The van der Waals surface area contributed by atoms with Gasteiger partial charge in [-0.25, -0.2) is 12.8 Å². The Morgan fingerprint density at radius 2 is 1.90 bits per heavy atom. The summed E-state index contributed by atoms with van der Waals surface area (Å²) >= 11 is 5.96. The normalized spacial score (nSPS) is 13.2. The van der Waals surface area contributed by atoms with Crippen LogP contribution in [0.3, 0.4) is 0 Å². The Bertz CT molecular complexity index is 788. The highest BCUT2D eigenvalue weighted by atomic mass is 35.5. The molecule has 0 bridgehead atoms. The molecule has 2 aromatic rings. The van der Waals surface area contributed by atoms with Gasteiger partial charge in [0.05, 0.1) is 4.90 Å². The summed E-state index contributed by atoms with van der Waals surface area (Å²) in [7, 11) is -3.37. The van der Waals surface area contributed by atoms with E-state index in [1.54, 1.807) is 19.1 Å². The van der Waals surface area contributed by atoms with Gasteiger partial charge in [-0.15, -0.1) is 0 Å². The second-order valence-corrected chi connectivity index (χ2v) is 7.29. The molecular weight excluding hydrogens is 315 g/mol. The molecule has 0 saturated carbocycles. The van der Waals surface area contributed by atoms with E-state index in [2.05, 4.69) is 0 Å². The maximum absolute atomic E-state index is 13.4. The summed E-state index contributed by atoms with van der Waals surface area (Å²) in [5, 5.41) is 10.5. The fraction of sp³-hybridized carbons (Fsp3) is 0.200. The molecule has 21 heavy (non-hydrogen) atoms. The Labute approximate surface area is 127 Å². The van der Waals surface area contributed by atoms with Crippen LogP contribution in [-0.2, 0) is 9.84 Å². The van der Waals surface area contributed by atoms with Gasteiger partial charge < -0.3 is 5.11 Å². The van der Waals surface area contributed by atoms with Gasteiger partial charge >= 0.3 is 0 Å². The van der Waals surface area contributed by atoms with Crippen molar-refractivity contribution in [1.29, 1.82) is 0 Å². The first kappa shape index (κ1) is 15.9. The second kappa shape index (κ2) is 5.75. The molecule has 0 saturated heterocycles. The number of aryl methyl sites for hydroxylation is 1. The van der Waals surface area contributed by atoms with Gasteiger partial charge in [-0.3, -0.25) is 0 Å². The standard InChI is InChI=1S/C15H14ClFO3S/c1-9-6-12(13(16)8-14(9)17)15(18)10-4-3-5-11(7-10)21(2,19)20/h3-8,15,18H,1-2H3. The third-order valence-corrected chi connectivity index (χ3v) is 4.61. The van der Waals surface area contributed by atoms with Gasteiger partial charge in [0.1, 0.15) is 11.9 Å². The van der Waals surface area contributed by atoms with E-state index in [1.807, 2.05) is 0 Å². The minimum absolute atomic E-state index is 0.0929. The highest BCUT2D eigenvalue weighted by Gasteiger charge is 2.18. The van der Waals surface area contributed by atoms with Crippen molar-refractivity contribution in [3.05, 3.63) is 63.9 Å². The Hall–Kier alpha value is -1.43. The average Bonchev–Trinajstić information content (AvgIpc) is 2.41. The molecule has 2 rings (SSSR count). The number of halogens is 2. The van der Waals surface area contributed by atoms with Gasteiger partial charge in [0, 0.05) is 16.8 Å². The fourth-order valence-electron chi connectivity index (χ4n) is 1.98. The Morgan fingerprint density at radius 3 is 2.52 bits per heavy atom. The average molecular weight is 329 g/mol. The summed E-state index contributed by atoms with van der Waals surface area (Å²) in [5.74, 6) is -0.458. The minimum atomic E-state index is -3.37. The first-order valence-corrected chi connectivity index (χ1v) is 8.40. The molecule has 1 N–H and O–H groups in total. The SMILES string of the molecule is Cc1cc(C(O)c2cccc(S(C)(=O)=O)c2)c(Cl)cc1F. The molecule has 6 heteroatoms. The fourth-order valence-corrected chi connectivity index (χ4v) is 2.91. The third kappa shape index (κ3) is 3.43. The molecule has 0 heterocycles. The van der Waals surface area contributed by atoms with E-state index >= 15 is 0 Å². The van der Waals surface area contributed by atoms with Crippen LogP contribution in [0.25, 0.3) is 0 Å². The molecule has 0 amide bonds. The van der Waals surface area contributed by atoms with E-state index in [0.29, 0.717) is 16.7 Å². The number of hydrogen-bond donors (Lipinski definition) is 1. The van der Waals surface area contributed by atoms with E-state index in [0.717, 1.165) is 12.3 Å². The lowest BCUT2D eigenvalue weighted by molar-refractivity contribution is 0.220. The zero-order valence-corrected chi connectivity index (χ0v) is 13.0. The third-order valence-electron chi connectivity index (χ3n) is 3.17. The predicted octanol–water partition coefficient (Wildman–Crippen LogP) is 3.27. The molecule has 1 atom stereocenters. The second-order valence-electron chi connectivity index (χ2n) is 4.87. The van der Waals surface area contributed by atoms with Crippen molar-refractivity contribution >= 4 is 21.4 Å². The molecule has 1 unspecified atom stereocenters. The topological polar surface area (TPSA) is 54.4 Å². The summed E-state index contributed by atoms with van der Waals surface area (Å²) in [6.45, 7) is 1.56. The number of benzene rings is 2. The Morgan fingerprint density at radius 1 is 1.24 bits per heavy atom. The van der Waals surface area contributed by atoms with Gasteiger partial charge in [-0.05, 0) is 42.3 Å². The molecular formula is C15H14ClFO3S. The summed E-state index contributed by atoms with van der Waals surface area (Å²) in [6.07, 6.45) is -0.0356. The van der Waals surface area contributed by atoms with E-state index in [9.17, 15) is 17.9 Å². The first-order valence-electron chi connectivity index (χ1n) is 6.14. The minimum Gasteiger partial charge on any atom is -0.384 e. The van der Waals surface area contributed by atoms with Gasteiger partial charge in [0.15, 0.2) is 9.84 Å². The highest BCUT2D eigenvalue weighted by Crippen LogP contribution is 2.31. The zero-order chi connectivity index (χ0) is 15.8. The van der Waals surface area contributed by atoms with Crippen LogP contribution in [0.5, 0.6) is 0 Å². The summed E-state index contributed by atoms with van der Waals surface area (Å²) in [6, 6.07) is 8.55. The van der Waals surface area contributed by atoms with Crippen LogP contribution in [-0.4, -0.2) is 19.8 Å². The van der Waals surface area contributed by atoms with Crippen molar-refractivity contribution in [1.82, 2.24) is 0 Å². The maximum Gasteiger partial charge on any atom is 0.175 e. The molecule has 112 valence electrons. The van der Waals surface area contributed by atoms with Crippen LogP contribution in [0, 0.1) is 12.7 Å². The molecule has 0 fully saturated rings. The maximum atomic E-state index is 13.4. The van der Waals surface area contributed by atoms with Crippen molar-refractivity contribution in [2.45, 2.75) is 17.9 Å². The van der Waals surface area contributed by atoms with Crippen molar-refractivity contribution in [3.63, 3.8) is 0 Å². The quantitative estimate of drug-likeness (QED) is 0.940. The van der Waals surface area contributed by atoms with Gasteiger partial charge in [0.2, 0.25) is 0 Å². The summed E-state index contributed by atoms with van der Waals surface area (Å²) < 4.78 is 36.5. The number of aliphatic hydroxyl groups excluding tert-OH is 1. The Kier molecular flexibility index (Phi) is 4.37. The van der Waals surface area contributed by atoms with Crippen molar-refractivity contribution in [3.8, 4) is 0 Å². The number of hydrogen-bond acceptors (Lipinski definition) is 3. The summed E-state index contributed by atoms with van der Waals surface area (Å²) in [4.78, 5) is 0.106. The molecule has 0 radical (unpaired) electrons. The lowest BCUT2D eigenvalue weighted by Crippen LogP contribution is -2.04. The molecule has 2 aromatic carbocycles. The van der Waals surface area contributed by atoms with Crippen molar-refractivity contribution in [2.75, 3.05) is 6.26 Å². The highest BCUT2D eigenvalue weighted by molar-refractivity contribution is 7.90. The van der Waals surface area contributed by atoms with Gasteiger partial charge in [-0.1, -0.05) is 23.7 Å². The van der Waals surface area contributed by atoms with E-state index in [4.69, 9.17) is 11.6 Å². The molecule has 0 aromatic heterocycles. The number of sulfone groups is 1. The molecule has 0 aliphatic heterocycles. The predicted molar refractivity (Wildman–Crippen MR) is 79.8 cm³/mol. The van der Waals surface area contributed by atoms with Crippen molar-refractivity contribution in [2.24, 2.45) is 0 Å². The smallest absolute Gasteiger partial charge is 0.175 e. The number of aliphatic hydroxyl groups is 1. The first-order chi connectivity index (χ1) is 9.70. The lowest BCUT2D eigenvalue weighted by Gasteiger charge is -2.15. The monoisotopic (exact) mass is 328 g/mol. The van der Waals surface area contributed by atoms with Crippen LogP contribution < -0.4 is 0 Å². The van der Waals surface area contributed by atoms with Crippen molar-refractivity contribution < 1.29 is 17.9 Å². The molecule has 0 spiro atoms. The largest absolute Gasteiger partial charge is 0.384 e. The Balaban J connectivity index is 2.50. The van der Waals surface area contributed by atoms with E-state index in [-0.39, 0.29) is 9.92 Å².